The normalized spacial score (nSPS) is 22.7. The third kappa shape index (κ3) is 4.03. The molecule has 0 unspecified atom stereocenters. The molecule has 9 nitrogen and oxygen atoms in total. The van der Waals surface area contributed by atoms with E-state index in [2.05, 4.69) is 49.0 Å². The van der Waals surface area contributed by atoms with Gasteiger partial charge in [-0.05, 0) is 12.1 Å². The van der Waals surface area contributed by atoms with Crippen molar-refractivity contribution >= 4 is 11.9 Å². The number of nitrogens with one attached hydrogen (secondary N) is 1. The van der Waals surface area contributed by atoms with Gasteiger partial charge in [0.1, 0.15) is 23.7 Å². The molecular weight excluding hydrogens is 434 g/mol. The summed E-state index contributed by atoms with van der Waals surface area (Å²) in [5.41, 5.74) is 0.147. The van der Waals surface area contributed by atoms with Crippen LogP contribution in [0.25, 0.3) is 0 Å². The van der Waals surface area contributed by atoms with Gasteiger partial charge >= 0.3 is 0 Å². The Kier molecular flexibility index (Phi) is 6.13. The van der Waals surface area contributed by atoms with E-state index in [1.165, 1.54) is 7.11 Å². The van der Waals surface area contributed by atoms with Gasteiger partial charge in [-0.2, -0.15) is 5.26 Å². The Balaban J connectivity index is 1.42. The van der Waals surface area contributed by atoms with Crippen LogP contribution in [0.15, 0.2) is 30.6 Å². The molecule has 2 aliphatic rings. The van der Waals surface area contributed by atoms with Gasteiger partial charge in [-0.15, -0.1) is 0 Å². The summed E-state index contributed by atoms with van der Waals surface area (Å²) in [6, 6.07) is 7.12. The van der Waals surface area contributed by atoms with E-state index < -0.39 is 0 Å². The lowest BCUT2D eigenvalue weighted by atomic mass is 9.49. The molecule has 1 aliphatic carbocycles. The lowest BCUT2D eigenvalue weighted by molar-refractivity contribution is -0.164. The first-order valence-electron chi connectivity index (χ1n) is 11.3. The van der Waals surface area contributed by atoms with Crippen molar-refractivity contribution in [2.24, 2.45) is 16.7 Å². The zero-order valence-electron chi connectivity index (χ0n) is 20.2. The summed E-state index contributed by atoms with van der Waals surface area (Å²) in [6.07, 6.45) is 2.91. The number of benzene rings is 1. The van der Waals surface area contributed by atoms with Crippen molar-refractivity contribution < 1.29 is 19.4 Å². The van der Waals surface area contributed by atoms with Crippen molar-refractivity contribution in [1.82, 2.24) is 15.3 Å². The molecular formula is C25H31N5O4. The molecule has 0 spiro atoms. The molecule has 1 aromatic heterocycles. The summed E-state index contributed by atoms with van der Waals surface area (Å²) in [5, 5.41) is 21.5. The minimum Gasteiger partial charge on any atom is -0.495 e. The van der Waals surface area contributed by atoms with Crippen molar-refractivity contribution in [1.29, 1.82) is 5.26 Å². The molecule has 9 heteroatoms. The van der Waals surface area contributed by atoms with Crippen molar-refractivity contribution in [2.75, 3.05) is 31.7 Å². The number of amides is 1. The van der Waals surface area contributed by atoms with Crippen molar-refractivity contribution in [3.63, 3.8) is 0 Å². The lowest BCUT2D eigenvalue weighted by Gasteiger charge is -2.63. The Bertz CT molecular complexity index is 1090. The van der Waals surface area contributed by atoms with Gasteiger partial charge in [0.15, 0.2) is 0 Å². The van der Waals surface area contributed by atoms with E-state index in [1.54, 1.807) is 30.6 Å². The molecule has 0 atom stereocenters. The van der Waals surface area contributed by atoms with E-state index >= 15 is 0 Å². The maximum absolute atomic E-state index is 13.0. The Labute approximate surface area is 199 Å². The highest BCUT2D eigenvalue weighted by atomic mass is 16.5. The largest absolute Gasteiger partial charge is 0.495 e. The summed E-state index contributed by atoms with van der Waals surface area (Å²) < 4.78 is 11.6. The van der Waals surface area contributed by atoms with Crippen LogP contribution < -0.4 is 19.7 Å². The van der Waals surface area contributed by atoms with Gasteiger partial charge < -0.3 is 24.8 Å². The first-order chi connectivity index (χ1) is 16.1. The maximum Gasteiger partial charge on any atom is 0.254 e. The molecule has 0 radical (unpaired) electrons. The fraction of sp³-hybridized carbons (Fsp3) is 0.520. The number of carbonyl (C=O) groups is 1. The Hall–Kier alpha value is -3.38. The molecule has 0 bridgehead atoms. The van der Waals surface area contributed by atoms with Gasteiger partial charge in [-0.3, -0.25) is 4.79 Å². The van der Waals surface area contributed by atoms with Crippen LogP contribution in [0.3, 0.4) is 0 Å². The van der Waals surface area contributed by atoms with Crippen LogP contribution in [0.1, 0.15) is 43.6 Å². The number of ether oxygens (including phenoxy) is 2. The van der Waals surface area contributed by atoms with Crippen molar-refractivity contribution in [3.8, 4) is 17.6 Å². The molecule has 1 saturated carbocycles. The van der Waals surface area contributed by atoms with Gasteiger partial charge in [0.05, 0.1) is 18.2 Å². The van der Waals surface area contributed by atoms with Crippen LogP contribution in [-0.2, 0) is 0 Å². The molecule has 2 aromatic rings. The van der Waals surface area contributed by atoms with Crippen LogP contribution in [0, 0.1) is 28.1 Å². The molecule has 180 valence electrons. The lowest BCUT2D eigenvalue weighted by Crippen LogP contribution is -2.74. The van der Waals surface area contributed by atoms with Gasteiger partial charge in [0.2, 0.25) is 5.95 Å². The topological polar surface area (TPSA) is 121 Å². The molecule has 1 saturated heterocycles. The van der Waals surface area contributed by atoms with E-state index in [1.807, 2.05) is 4.90 Å². The number of nitriles is 1. The maximum atomic E-state index is 13.0. The number of rotatable bonds is 7. The quantitative estimate of drug-likeness (QED) is 0.640. The Morgan fingerprint density at radius 1 is 1.24 bits per heavy atom. The number of aromatic nitrogens is 2. The molecule has 1 aliphatic heterocycles. The highest BCUT2D eigenvalue weighted by molar-refractivity contribution is 5.94. The summed E-state index contributed by atoms with van der Waals surface area (Å²) in [5.74, 6) is 1.68. The number of methoxy groups -OCH3 is 1. The predicted octanol–water partition coefficient (Wildman–Crippen LogP) is 2.40. The molecule has 1 aromatic carbocycles. The van der Waals surface area contributed by atoms with Crippen molar-refractivity contribution in [2.45, 2.75) is 39.8 Å². The summed E-state index contributed by atoms with van der Waals surface area (Å²) in [6.45, 7) is 9.86. The van der Waals surface area contributed by atoms with E-state index in [-0.39, 0.29) is 41.4 Å². The Morgan fingerprint density at radius 3 is 2.44 bits per heavy atom. The zero-order chi connectivity index (χ0) is 24.7. The smallest absolute Gasteiger partial charge is 0.254 e. The zero-order valence-corrected chi connectivity index (χ0v) is 20.2. The van der Waals surface area contributed by atoms with E-state index in [0.717, 1.165) is 13.1 Å². The monoisotopic (exact) mass is 465 g/mol. The van der Waals surface area contributed by atoms with E-state index in [4.69, 9.17) is 14.6 Å². The second-order valence-electron chi connectivity index (χ2n) is 10.2. The molecule has 2 N–H and O–H groups in total. The highest BCUT2D eigenvalue weighted by Crippen LogP contribution is 2.55. The number of hydrogen-bond donors (Lipinski definition) is 2. The van der Waals surface area contributed by atoms with Crippen LogP contribution in [0.2, 0.25) is 0 Å². The van der Waals surface area contributed by atoms with E-state index in [0.29, 0.717) is 28.6 Å². The van der Waals surface area contributed by atoms with Crippen LogP contribution in [0.5, 0.6) is 11.5 Å². The first kappa shape index (κ1) is 23.8. The average molecular weight is 466 g/mol. The summed E-state index contributed by atoms with van der Waals surface area (Å²) in [4.78, 5) is 23.6. The summed E-state index contributed by atoms with van der Waals surface area (Å²) >= 11 is 0. The number of aliphatic hydroxyl groups is 1. The fourth-order valence-electron chi connectivity index (χ4n) is 5.44. The van der Waals surface area contributed by atoms with E-state index in [9.17, 15) is 10.1 Å². The van der Waals surface area contributed by atoms with Gasteiger partial charge in [-0.1, -0.05) is 27.7 Å². The fourth-order valence-corrected chi connectivity index (χ4v) is 5.44. The summed E-state index contributed by atoms with van der Waals surface area (Å²) in [7, 11) is 1.52. The van der Waals surface area contributed by atoms with Crippen molar-refractivity contribution in [3.05, 3.63) is 41.7 Å². The highest BCUT2D eigenvalue weighted by Gasteiger charge is 2.64. The predicted molar refractivity (Wildman–Crippen MR) is 126 cm³/mol. The molecule has 4 rings (SSSR count). The Morgan fingerprint density at radius 2 is 1.88 bits per heavy atom. The third-order valence-corrected chi connectivity index (χ3v) is 7.06. The molecule has 34 heavy (non-hydrogen) atoms. The van der Waals surface area contributed by atoms with Crippen LogP contribution >= 0.6 is 0 Å². The second kappa shape index (κ2) is 8.76. The minimum absolute atomic E-state index is 0.141. The molecule has 2 fully saturated rings. The van der Waals surface area contributed by atoms with Crippen LogP contribution in [0.4, 0.5) is 5.95 Å². The number of aliphatic hydroxyl groups excluding tert-OH is 1. The van der Waals surface area contributed by atoms with Gasteiger partial charge in [-0.25, -0.2) is 9.97 Å². The molecule has 1 amide bonds. The number of hydrogen-bond acceptors (Lipinski definition) is 8. The standard InChI is InChI=1S/C25H31N5O4/c1-24(2)21(25(3,4)22(24)34-18-7-6-16(9-26)19(8-18)33-5)29-20(32)17-10-27-23(28-11-17)30-12-15(13-30)14-31/h6-8,10-11,15,21-22,31H,12-14H2,1-5H3,(H,29,32). The van der Waals surface area contributed by atoms with Gasteiger partial charge in [0.25, 0.3) is 5.91 Å². The SMILES string of the molecule is COc1cc(OC2C(C)(C)C(NC(=O)c3cnc(N4CC(CO)C4)nc3)C2(C)C)ccc1C#N. The number of anilines is 1. The minimum atomic E-state index is -0.349. The van der Waals surface area contributed by atoms with Crippen LogP contribution in [-0.4, -0.2) is 59.9 Å². The molecule has 2 heterocycles. The second-order valence-corrected chi connectivity index (χ2v) is 10.2. The number of carbonyl (C=O) groups excluding carboxylic acids is 1. The third-order valence-electron chi connectivity index (χ3n) is 7.06. The van der Waals surface area contributed by atoms with Gasteiger partial charge in [0, 0.05) is 60.9 Å². The first-order valence-corrected chi connectivity index (χ1v) is 11.3. The average Bonchev–Trinajstić information content (AvgIpc) is 2.80. The number of nitrogens with zero attached hydrogens (tertiary/aromatic N) is 4.